The molecule has 4 N–H and O–H groups in total. The van der Waals surface area contributed by atoms with Crippen molar-refractivity contribution in [1.82, 2.24) is 4.57 Å². The molecule has 0 saturated heterocycles. The van der Waals surface area contributed by atoms with Gasteiger partial charge < -0.3 is 25.4 Å². The number of benzene rings is 2. The minimum Gasteiger partial charge on any atom is -0.508 e. The van der Waals surface area contributed by atoms with E-state index in [1.165, 1.54) is 24.3 Å². The van der Waals surface area contributed by atoms with Crippen molar-refractivity contribution in [2.75, 3.05) is 6.61 Å². The molecule has 0 fully saturated rings. The highest BCUT2D eigenvalue weighted by Crippen LogP contribution is 2.38. The van der Waals surface area contributed by atoms with Crippen molar-refractivity contribution in [3.05, 3.63) is 84.8 Å². The van der Waals surface area contributed by atoms with Gasteiger partial charge in [-0.3, -0.25) is 9.36 Å². The maximum absolute atomic E-state index is 13.5. The van der Waals surface area contributed by atoms with Crippen LogP contribution < -0.4 is 20.5 Å². The molecule has 0 amide bonds. The van der Waals surface area contributed by atoms with Crippen LogP contribution in [0.5, 0.6) is 11.5 Å². The summed E-state index contributed by atoms with van der Waals surface area (Å²) >= 11 is 1.04. The number of hydrogen-bond acceptors (Lipinski definition) is 9. The number of ether oxygens (including phenoxy) is 2. The molecule has 192 valence electrons. The van der Waals surface area contributed by atoms with Gasteiger partial charge in [-0.2, -0.15) is 0 Å². The van der Waals surface area contributed by atoms with Crippen molar-refractivity contribution in [3.63, 3.8) is 0 Å². The SMILES string of the molecule is CCOC(=O)C1=C(N)n2c(sc(=Cc3ccc(O)cc3)c2=O)=C(C(=O)OC(C)C)[C@H]1c1ccc(O)cc1. The topological polar surface area (TPSA) is 141 Å². The highest BCUT2D eigenvalue weighted by atomic mass is 32.1. The zero-order chi connectivity index (χ0) is 26.9. The average Bonchev–Trinajstić information content (AvgIpc) is 3.16. The van der Waals surface area contributed by atoms with Gasteiger partial charge in [-0.15, -0.1) is 11.3 Å². The summed E-state index contributed by atoms with van der Waals surface area (Å²) in [5.74, 6) is -2.58. The van der Waals surface area contributed by atoms with Gasteiger partial charge in [-0.25, -0.2) is 9.59 Å². The Kier molecular flexibility index (Phi) is 7.21. The van der Waals surface area contributed by atoms with Gasteiger partial charge in [0.15, 0.2) is 0 Å². The van der Waals surface area contributed by atoms with Crippen molar-refractivity contribution in [1.29, 1.82) is 0 Å². The molecule has 1 aliphatic rings. The van der Waals surface area contributed by atoms with E-state index < -0.39 is 29.5 Å². The van der Waals surface area contributed by atoms with Crippen LogP contribution in [0.15, 0.2) is 58.9 Å². The molecular weight excluding hydrogens is 496 g/mol. The summed E-state index contributed by atoms with van der Waals surface area (Å²) in [5, 5.41) is 19.4. The number of phenolic OH excluding ortho intramolecular Hbond substituents is 2. The molecule has 0 aliphatic carbocycles. The molecule has 10 heteroatoms. The first kappa shape index (κ1) is 25.8. The van der Waals surface area contributed by atoms with Crippen LogP contribution in [0, 0.1) is 0 Å². The minimum absolute atomic E-state index is 0.000631. The van der Waals surface area contributed by atoms with Gasteiger partial charge in [-0.1, -0.05) is 24.3 Å². The molecule has 4 rings (SSSR count). The van der Waals surface area contributed by atoms with Crippen LogP contribution in [0.1, 0.15) is 37.8 Å². The maximum Gasteiger partial charge on any atom is 0.338 e. The number of esters is 2. The zero-order valence-corrected chi connectivity index (χ0v) is 21.2. The van der Waals surface area contributed by atoms with Gasteiger partial charge >= 0.3 is 11.9 Å². The number of fused-ring (bicyclic) bond motifs is 1. The van der Waals surface area contributed by atoms with Crippen molar-refractivity contribution >= 4 is 40.7 Å². The predicted octanol–water partition coefficient (Wildman–Crippen LogP) is 1.74. The average molecular weight is 523 g/mol. The van der Waals surface area contributed by atoms with Crippen LogP contribution in [0.25, 0.3) is 17.5 Å². The van der Waals surface area contributed by atoms with Crippen molar-refractivity contribution in [3.8, 4) is 11.5 Å². The van der Waals surface area contributed by atoms with Gasteiger partial charge in [0.2, 0.25) is 0 Å². The van der Waals surface area contributed by atoms with E-state index in [-0.39, 0.29) is 44.3 Å². The largest absolute Gasteiger partial charge is 0.508 e. The maximum atomic E-state index is 13.5. The standard InChI is InChI=1S/C27H26N2O7S/c1-4-35-26(33)21-20(16-7-11-18(31)12-8-16)22(27(34)36-14(2)3)25-29(23(21)28)24(32)19(37-25)13-15-5-9-17(30)10-6-15/h5-14,20,30-31H,4,28H2,1-3H3/t20-/m0/s1. The third kappa shape index (κ3) is 5.01. The van der Waals surface area contributed by atoms with Gasteiger partial charge in [0, 0.05) is 0 Å². The Morgan fingerprint density at radius 1 is 1.03 bits per heavy atom. The lowest BCUT2D eigenvalue weighted by atomic mass is 9.83. The Bertz CT molecular complexity index is 1560. The smallest absolute Gasteiger partial charge is 0.338 e. The molecule has 1 atom stereocenters. The van der Waals surface area contributed by atoms with E-state index in [4.69, 9.17) is 15.2 Å². The Balaban J connectivity index is 2.10. The number of aromatic hydroxyl groups is 2. The van der Waals surface area contributed by atoms with E-state index in [2.05, 4.69) is 0 Å². The number of phenols is 2. The molecule has 1 aliphatic heterocycles. The lowest BCUT2D eigenvalue weighted by Crippen LogP contribution is -2.42. The monoisotopic (exact) mass is 522 g/mol. The Hall–Kier alpha value is -4.31. The van der Waals surface area contributed by atoms with E-state index in [0.717, 1.165) is 15.9 Å². The van der Waals surface area contributed by atoms with Crippen LogP contribution in [-0.2, 0) is 19.1 Å². The number of nitrogens with zero attached hydrogens (tertiary/aromatic N) is 1. The number of carbonyl (C=O) groups excluding carboxylic acids is 2. The molecule has 1 aromatic heterocycles. The quantitative estimate of drug-likeness (QED) is 0.416. The fourth-order valence-electron chi connectivity index (χ4n) is 4.05. The molecular formula is C27H26N2O7S. The summed E-state index contributed by atoms with van der Waals surface area (Å²) in [7, 11) is 0. The van der Waals surface area contributed by atoms with Crippen LogP contribution in [0.4, 0.5) is 0 Å². The molecule has 0 radical (unpaired) electrons. The first-order valence-electron chi connectivity index (χ1n) is 11.6. The van der Waals surface area contributed by atoms with E-state index in [1.807, 2.05) is 0 Å². The summed E-state index contributed by atoms with van der Waals surface area (Å²) in [6.45, 7) is 5.07. The van der Waals surface area contributed by atoms with E-state index in [0.29, 0.717) is 11.1 Å². The third-order valence-electron chi connectivity index (χ3n) is 5.62. The van der Waals surface area contributed by atoms with E-state index in [1.54, 1.807) is 51.1 Å². The summed E-state index contributed by atoms with van der Waals surface area (Å²) in [6, 6.07) is 12.3. The minimum atomic E-state index is -1.01. The highest BCUT2D eigenvalue weighted by Gasteiger charge is 2.40. The first-order valence-corrected chi connectivity index (χ1v) is 12.4. The lowest BCUT2D eigenvalue weighted by molar-refractivity contribution is -0.140. The highest BCUT2D eigenvalue weighted by molar-refractivity contribution is 7.07. The number of carbonyl (C=O) groups is 2. The van der Waals surface area contributed by atoms with E-state index >= 15 is 0 Å². The number of rotatable bonds is 6. The second kappa shape index (κ2) is 10.4. The number of hydrogen-bond donors (Lipinski definition) is 3. The normalized spacial score (nSPS) is 15.6. The molecule has 37 heavy (non-hydrogen) atoms. The van der Waals surface area contributed by atoms with Gasteiger partial charge in [0.25, 0.3) is 5.56 Å². The van der Waals surface area contributed by atoms with Gasteiger partial charge in [-0.05, 0) is 62.2 Å². The molecule has 0 bridgehead atoms. The number of aromatic nitrogens is 1. The molecule has 0 spiro atoms. The van der Waals surface area contributed by atoms with Gasteiger partial charge in [0.1, 0.15) is 22.0 Å². The fraction of sp³-hybridized carbons (Fsp3) is 0.222. The summed E-state index contributed by atoms with van der Waals surface area (Å²) in [6.07, 6.45) is 1.13. The lowest BCUT2D eigenvalue weighted by Gasteiger charge is -2.27. The van der Waals surface area contributed by atoms with Crippen LogP contribution in [-0.4, -0.2) is 39.4 Å². The van der Waals surface area contributed by atoms with Crippen LogP contribution >= 0.6 is 11.3 Å². The molecule has 2 heterocycles. The summed E-state index contributed by atoms with van der Waals surface area (Å²) < 4.78 is 12.4. The van der Waals surface area contributed by atoms with E-state index in [9.17, 15) is 24.6 Å². The molecule has 2 aromatic carbocycles. The summed E-state index contributed by atoms with van der Waals surface area (Å²) in [4.78, 5) is 40.2. The van der Waals surface area contributed by atoms with Crippen molar-refractivity contribution in [2.24, 2.45) is 5.73 Å². The van der Waals surface area contributed by atoms with Crippen LogP contribution in [0.2, 0.25) is 0 Å². The molecule has 0 saturated carbocycles. The third-order valence-corrected chi connectivity index (χ3v) is 6.73. The summed E-state index contributed by atoms with van der Waals surface area (Å²) in [5.41, 5.74) is 7.04. The van der Waals surface area contributed by atoms with Crippen molar-refractivity contribution in [2.45, 2.75) is 32.8 Å². The molecule has 0 unspecified atom stereocenters. The predicted molar refractivity (Wildman–Crippen MR) is 139 cm³/mol. The van der Waals surface area contributed by atoms with Crippen LogP contribution in [0.3, 0.4) is 0 Å². The Morgan fingerprint density at radius 3 is 2.19 bits per heavy atom. The zero-order valence-electron chi connectivity index (χ0n) is 20.4. The molecule has 3 aromatic rings. The van der Waals surface area contributed by atoms with Gasteiger partial charge in [0.05, 0.1) is 34.3 Å². The van der Waals surface area contributed by atoms with Crippen molar-refractivity contribution < 1.29 is 29.3 Å². The number of thiazole rings is 1. The second-order valence-electron chi connectivity index (χ2n) is 8.56. The Morgan fingerprint density at radius 2 is 1.62 bits per heavy atom. The second-order valence-corrected chi connectivity index (χ2v) is 9.59. The Labute approximate surface area is 216 Å². The fourth-order valence-corrected chi connectivity index (χ4v) is 5.22. The first-order chi connectivity index (χ1) is 17.6. The molecule has 9 nitrogen and oxygen atoms in total. The number of nitrogens with two attached hydrogens (primary N) is 1.